The van der Waals surface area contributed by atoms with Gasteiger partial charge in [0.25, 0.3) is 0 Å². The summed E-state index contributed by atoms with van der Waals surface area (Å²) < 4.78 is 10.1. The molecule has 1 aliphatic rings. The van der Waals surface area contributed by atoms with E-state index in [9.17, 15) is 4.21 Å². The predicted molar refractivity (Wildman–Crippen MR) is 228 cm³/mol. The van der Waals surface area contributed by atoms with Gasteiger partial charge in [0.1, 0.15) is 0 Å². The van der Waals surface area contributed by atoms with Crippen LogP contribution in [0.3, 0.4) is 0 Å². The van der Waals surface area contributed by atoms with E-state index in [1.54, 1.807) is 0 Å². The van der Waals surface area contributed by atoms with E-state index in [0.717, 1.165) is 12.8 Å². The van der Waals surface area contributed by atoms with Crippen LogP contribution in [0.1, 0.15) is 19.8 Å². The number of allylic oxidation sites excluding steroid dienone is 4. The van der Waals surface area contributed by atoms with Gasteiger partial charge in [-0.15, -0.1) is 9.83 Å². The molecule has 0 saturated carbocycles. The first-order valence-corrected chi connectivity index (χ1v) is 21.7. The molecule has 0 amide bonds. The minimum Gasteiger partial charge on any atom is -0.683 e. The average molecular weight is 828 g/mol. The van der Waals surface area contributed by atoms with Crippen LogP contribution in [0.25, 0.3) is 0 Å². The normalized spacial score (nSPS) is 11.5. The van der Waals surface area contributed by atoms with E-state index in [1.807, 2.05) is 30.7 Å². The fourth-order valence-electron chi connectivity index (χ4n) is 4.94. The molecule has 0 aliphatic heterocycles. The summed E-state index contributed by atoms with van der Waals surface area (Å²) >= 11 is 4.42. The van der Waals surface area contributed by atoms with E-state index >= 15 is 0 Å². The summed E-state index contributed by atoms with van der Waals surface area (Å²) in [4.78, 5) is 0. The van der Waals surface area contributed by atoms with Crippen molar-refractivity contribution in [3.63, 3.8) is 0 Å². The Bertz CT molecular complexity index is 1510. The van der Waals surface area contributed by atoms with Crippen molar-refractivity contribution in [3.05, 3.63) is 213 Å². The van der Waals surface area contributed by atoms with Crippen LogP contribution in [0.4, 0.5) is 0 Å². The van der Waals surface area contributed by atoms with E-state index in [1.165, 1.54) is 31.8 Å². The van der Waals surface area contributed by atoms with E-state index in [0.29, 0.717) is 5.75 Å². The molecule has 6 aromatic carbocycles. The summed E-state index contributed by atoms with van der Waals surface area (Å²) in [6, 6.07) is 64.7. The van der Waals surface area contributed by atoms with Crippen molar-refractivity contribution in [3.8, 4) is 0 Å². The molecule has 7 rings (SSSR count). The summed E-state index contributed by atoms with van der Waals surface area (Å²) in [5.41, 5.74) is 0. The van der Waals surface area contributed by atoms with E-state index in [-0.39, 0.29) is 19.5 Å². The fraction of sp³-hybridized carbons (Fsp3) is 0.0889. The summed E-state index contributed by atoms with van der Waals surface area (Å²) in [6.07, 6.45) is 12.1. The first kappa shape index (κ1) is 42.2. The van der Waals surface area contributed by atoms with E-state index in [4.69, 9.17) is 0 Å². The molecule has 260 valence electrons. The van der Waals surface area contributed by atoms with Crippen molar-refractivity contribution in [1.82, 2.24) is 0 Å². The molecule has 0 aromatic heterocycles. The summed E-state index contributed by atoms with van der Waals surface area (Å²) in [5.74, 6) is 0.686. The van der Waals surface area contributed by atoms with Gasteiger partial charge in [-0.05, 0) is 59.8 Å². The Morgan fingerprint density at radius 2 is 0.667 bits per heavy atom. The minimum absolute atomic E-state index is 0. The molecule has 0 spiro atoms. The smallest absolute Gasteiger partial charge is 0.683 e. The first-order valence-electron chi connectivity index (χ1n) is 16.8. The topological polar surface area (TPSA) is 17.1 Å². The summed E-state index contributed by atoms with van der Waals surface area (Å²) in [6.45, 7) is 2.06. The Morgan fingerprint density at radius 3 is 0.804 bits per heavy atom. The molecule has 6 heteroatoms. The summed E-state index contributed by atoms with van der Waals surface area (Å²) in [5, 5.41) is 8.39. The second-order valence-electron chi connectivity index (χ2n) is 11.0. The molecule has 0 heterocycles. The molecule has 0 fully saturated rings. The van der Waals surface area contributed by atoms with Gasteiger partial charge in [-0.25, -0.2) is 0 Å². The third-order valence-corrected chi connectivity index (χ3v) is 13.3. The molecular weight excluding hydrogens is 784 g/mol. The second-order valence-corrected chi connectivity index (χ2v) is 17.6. The van der Waals surface area contributed by atoms with Gasteiger partial charge in [-0.2, -0.15) is 0 Å². The van der Waals surface area contributed by atoms with Crippen molar-refractivity contribution in [1.29, 1.82) is 0 Å². The van der Waals surface area contributed by atoms with Crippen LogP contribution in [0.5, 0.6) is 0 Å². The molecular formula is C45H44OP2RuS2. The van der Waals surface area contributed by atoms with E-state index in [2.05, 4.69) is 201 Å². The van der Waals surface area contributed by atoms with Gasteiger partial charge in [0, 0.05) is 6.42 Å². The van der Waals surface area contributed by atoms with Crippen LogP contribution < -0.4 is 31.8 Å². The quantitative estimate of drug-likeness (QED) is 0.0627. The molecule has 6 aromatic rings. The maximum Gasteiger partial charge on any atom is 1.00 e. The predicted octanol–water partition coefficient (Wildman–Crippen LogP) is 9.20. The van der Waals surface area contributed by atoms with Crippen molar-refractivity contribution in [2.45, 2.75) is 19.8 Å². The van der Waals surface area contributed by atoms with Gasteiger partial charge >= 0.3 is 19.5 Å². The van der Waals surface area contributed by atoms with Crippen molar-refractivity contribution >= 4 is 69.2 Å². The van der Waals surface area contributed by atoms with Crippen LogP contribution in [0.2, 0.25) is 0 Å². The summed E-state index contributed by atoms with van der Waals surface area (Å²) in [7, 11) is -1.87. The molecule has 1 atom stereocenters. The number of unbranched alkanes of at least 4 members (excludes halogenated alkanes) is 1. The van der Waals surface area contributed by atoms with Crippen molar-refractivity contribution in [2.75, 3.05) is 5.75 Å². The largest absolute Gasteiger partial charge is 1.00 e. The monoisotopic (exact) mass is 828 g/mol. The Labute approximate surface area is 328 Å². The Hall–Kier alpha value is -3.22. The maximum absolute atomic E-state index is 10.1. The van der Waals surface area contributed by atoms with Gasteiger partial charge in [-0.3, -0.25) is 4.21 Å². The maximum atomic E-state index is 10.1. The van der Waals surface area contributed by atoms with Gasteiger partial charge in [-0.1, -0.05) is 220 Å². The van der Waals surface area contributed by atoms with Crippen molar-refractivity contribution in [2.24, 2.45) is 0 Å². The number of benzene rings is 6. The zero-order valence-electron chi connectivity index (χ0n) is 28.8. The van der Waals surface area contributed by atoms with Crippen LogP contribution in [-0.4, -0.2) is 9.96 Å². The van der Waals surface area contributed by atoms with Crippen LogP contribution in [0.15, 0.2) is 206 Å². The van der Waals surface area contributed by atoms with Gasteiger partial charge in [0.2, 0.25) is 0 Å². The van der Waals surface area contributed by atoms with Crippen LogP contribution in [-0.2, 0) is 41.0 Å². The molecule has 0 bridgehead atoms. The van der Waals surface area contributed by atoms with Gasteiger partial charge < -0.3 is 11.7 Å². The molecule has 1 unspecified atom stereocenters. The zero-order chi connectivity index (χ0) is 35.1. The molecule has 1 nitrogen and oxygen atoms in total. The zero-order valence-corrected chi connectivity index (χ0v) is 34.0. The average Bonchev–Trinajstić information content (AvgIpc) is 3.78. The molecule has 1 aliphatic carbocycles. The fourth-order valence-corrected chi connectivity index (χ4v) is 10.4. The van der Waals surface area contributed by atoms with Gasteiger partial charge in [0.15, 0.2) is 0 Å². The third kappa shape index (κ3) is 15.5. The standard InChI is InChI=1S/2C18H15P.C5H5.C4H10OS2.Ru/c2*1-4-10-16(11-5-1)19(17-12-6-2-7-13-17)18-14-8-3-9-15-18;1-2-4-5-3-1;1-2-3-4-7(5)6;/h2*1-15H;1-5H;2-4H2,1H3,(H,5,6);/q;;;;+1/p-1. The number of rotatable bonds is 9. The third-order valence-electron chi connectivity index (χ3n) is 7.31. The van der Waals surface area contributed by atoms with Crippen LogP contribution in [0, 0.1) is 6.42 Å². The minimum atomic E-state index is -0.982. The molecule has 0 N–H and O–H groups in total. The first-order chi connectivity index (χ1) is 24.7. The molecule has 2 radical (unpaired) electrons. The van der Waals surface area contributed by atoms with E-state index < -0.39 is 25.7 Å². The van der Waals surface area contributed by atoms with Gasteiger partial charge in [0.05, 0.1) is 0 Å². The second kappa shape index (κ2) is 25.7. The SMILES string of the molecule is CCCCS(=O)[S-].[CH]1C=CC=C1.[Ru+].c1ccc(P(c2ccccc2)c2ccccc2)cc1.c1ccc(P(c2ccccc2)c2ccccc2)cc1. The number of hydrogen-bond acceptors (Lipinski definition) is 2. The molecule has 51 heavy (non-hydrogen) atoms. The Kier molecular flexibility index (Phi) is 21.3. The molecule has 0 saturated heterocycles. The van der Waals surface area contributed by atoms with Crippen molar-refractivity contribution < 1.29 is 23.7 Å². The Morgan fingerprint density at radius 1 is 0.431 bits per heavy atom. The Balaban J connectivity index is 0.000000206. The number of hydrogen-bond donors (Lipinski definition) is 0. The van der Waals surface area contributed by atoms with Crippen LogP contribution >= 0.6 is 15.8 Å².